The van der Waals surface area contributed by atoms with Crippen LogP contribution in [0.15, 0.2) is 0 Å². The molecule has 0 aliphatic rings. The molecular weight excluding hydrogens is 266 g/mol. The second kappa shape index (κ2) is 12.3. The highest BCUT2D eigenvalue weighted by atomic mass is 32.2. The Labute approximate surface area is 119 Å². The van der Waals surface area contributed by atoms with E-state index >= 15 is 0 Å². The molecule has 2 N–H and O–H groups in total. The molecule has 0 aromatic carbocycles. The first-order valence-corrected chi connectivity index (χ1v) is 7.80. The summed E-state index contributed by atoms with van der Waals surface area (Å²) >= 11 is 1.55. The minimum absolute atomic E-state index is 0.0363. The SMILES string of the molecule is CCC(CCNC(=O)CSCCOC)CCC(=O)O. The highest BCUT2D eigenvalue weighted by Gasteiger charge is 2.09. The molecule has 6 heteroatoms. The number of carbonyl (C=O) groups excluding carboxylic acids is 1. The molecule has 0 aliphatic carbocycles. The Balaban J connectivity index is 3.57. The van der Waals surface area contributed by atoms with Crippen LogP contribution in [0.5, 0.6) is 0 Å². The van der Waals surface area contributed by atoms with Crippen molar-refractivity contribution in [2.75, 3.05) is 31.8 Å². The summed E-state index contributed by atoms with van der Waals surface area (Å²) in [6, 6.07) is 0. The molecule has 19 heavy (non-hydrogen) atoms. The zero-order valence-electron chi connectivity index (χ0n) is 11.8. The van der Waals surface area contributed by atoms with E-state index in [0.717, 1.165) is 18.6 Å². The minimum atomic E-state index is -0.753. The Hall–Kier alpha value is -0.750. The van der Waals surface area contributed by atoms with Gasteiger partial charge in [0.15, 0.2) is 0 Å². The maximum atomic E-state index is 11.5. The summed E-state index contributed by atoms with van der Waals surface area (Å²) < 4.78 is 4.90. The molecule has 0 saturated carbocycles. The number of carboxylic acids is 1. The van der Waals surface area contributed by atoms with Crippen molar-refractivity contribution in [3.8, 4) is 0 Å². The summed E-state index contributed by atoms with van der Waals surface area (Å²) in [5, 5.41) is 11.5. The van der Waals surface area contributed by atoms with Crippen molar-refractivity contribution in [2.24, 2.45) is 5.92 Å². The standard InChI is InChI=1S/C13H25NO4S/c1-3-11(4-5-13(16)17)6-7-14-12(15)10-19-9-8-18-2/h11H,3-10H2,1-2H3,(H,14,15)(H,16,17). The maximum Gasteiger partial charge on any atom is 0.303 e. The number of amides is 1. The normalized spacial score (nSPS) is 12.1. The predicted octanol–water partition coefficient (Wildman–Crippen LogP) is 1.76. The van der Waals surface area contributed by atoms with E-state index in [2.05, 4.69) is 12.2 Å². The molecule has 0 aromatic heterocycles. The van der Waals surface area contributed by atoms with Crippen LogP contribution in [0.3, 0.4) is 0 Å². The van der Waals surface area contributed by atoms with Crippen molar-refractivity contribution in [1.82, 2.24) is 5.32 Å². The number of rotatable bonds is 12. The molecule has 0 bridgehead atoms. The van der Waals surface area contributed by atoms with Crippen LogP contribution in [0.1, 0.15) is 32.6 Å². The van der Waals surface area contributed by atoms with E-state index in [1.165, 1.54) is 0 Å². The van der Waals surface area contributed by atoms with Crippen LogP contribution in [0.2, 0.25) is 0 Å². The van der Waals surface area contributed by atoms with Gasteiger partial charge < -0.3 is 15.2 Å². The Kier molecular flexibility index (Phi) is 11.8. The average molecular weight is 291 g/mol. The number of carbonyl (C=O) groups is 2. The second-order valence-electron chi connectivity index (χ2n) is 4.39. The summed E-state index contributed by atoms with van der Waals surface area (Å²) in [6.07, 6.45) is 2.69. The molecule has 0 rings (SSSR count). The van der Waals surface area contributed by atoms with Gasteiger partial charge >= 0.3 is 5.97 Å². The van der Waals surface area contributed by atoms with Gasteiger partial charge in [-0.2, -0.15) is 0 Å². The third-order valence-corrected chi connectivity index (χ3v) is 3.81. The van der Waals surface area contributed by atoms with Gasteiger partial charge in [0.05, 0.1) is 12.4 Å². The molecule has 112 valence electrons. The topological polar surface area (TPSA) is 75.6 Å². The van der Waals surface area contributed by atoms with E-state index in [9.17, 15) is 9.59 Å². The molecule has 1 amide bonds. The Morgan fingerprint density at radius 2 is 2.11 bits per heavy atom. The number of hydrogen-bond donors (Lipinski definition) is 2. The highest BCUT2D eigenvalue weighted by molar-refractivity contribution is 7.99. The number of methoxy groups -OCH3 is 1. The molecule has 0 spiro atoms. The van der Waals surface area contributed by atoms with E-state index in [1.54, 1.807) is 18.9 Å². The van der Waals surface area contributed by atoms with Crippen molar-refractivity contribution in [2.45, 2.75) is 32.6 Å². The van der Waals surface area contributed by atoms with Crippen molar-refractivity contribution in [1.29, 1.82) is 0 Å². The van der Waals surface area contributed by atoms with Gasteiger partial charge in [0.1, 0.15) is 0 Å². The van der Waals surface area contributed by atoms with Crippen molar-refractivity contribution in [3.63, 3.8) is 0 Å². The van der Waals surface area contributed by atoms with Gasteiger partial charge in [-0.3, -0.25) is 9.59 Å². The fraction of sp³-hybridized carbons (Fsp3) is 0.846. The Morgan fingerprint density at radius 3 is 2.68 bits per heavy atom. The monoisotopic (exact) mass is 291 g/mol. The number of thioether (sulfide) groups is 1. The van der Waals surface area contributed by atoms with Crippen molar-refractivity contribution >= 4 is 23.6 Å². The van der Waals surface area contributed by atoms with Gasteiger partial charge in [-0.15, -0.1) is 11.8 Å². The quantitative estimate of drug-likeness (QED) is 0.536. The average Bonchev–Trinajstić information content (AvgIpc) is 2.38. The van der Waals surface area contributed by atoms with Crippen molar-refractivity contribution < 1.29 is 19.4 Å². The lowest BCUT2D eigenvalue weighted by Gasteiger charge is -2.13. The maximum absolute atomic E-state index is 11.5. The molecule has 0 aromatic rings. The fourth-order valence-electron chi connectivity index (χ4n) is 1.65. The number of carboxylic acid groups (broad SMARTS) is 1. The van der Waals surface area contributed by atoms with Crippen LogP contribution in [-0.4, -0.2) is 48.8 Å². The molecule has 0 radical (unpaired) electrons. The van der Waals surface area contributed by atoms with Crippen LogP contribution < -0.4 is 5.32 Å². The molecule has 5 nitrogen and oxygen atoms in total. The number of hydrogen-bond acceptors (Lipinski definition) is 4. The molecule has 0 aliphatic heterocycles. The Morgan fingerprint density at radius 1 is 1.37 bits per heavy atom. The first-order valence-electron chi connectivity index (χ1n) is 6.65. The van der Waals surface area contributed by atoms with Crippen LogP contribution >= 0.6 is 11.8 Å². The van der Waals surface area contributed by atoms with Gasteiger partial charge in [-0.25, -0.2) is 0 Å². The van der Waals surface area contributed by atoms with Gasteiger partial charge in [0.25, 0.3) is 0 Å². The largest absolute Gasteiger partial charge is 0.481 e. The lowest BCUT2D eigenvalue weighted by molar-refractivity contribution is -0.137. The first-order chi connectivity index (χ1) is 9.10. The second-order valence-corrected chi connectivity index (χ2v) is 5.50. The number of ether oxygens (including phenoxy) is 1. The van der Waals surface area contributed by atoms with Gasteiger partial charge in [-0.05, 0) is 18.8 Å². The Bertz CT molecular complexity index is 261. The van der Waals surface area contributed by atoms with E-state index in [1.807, 2.05) is 0 Å². The molecule has 0 heterocycles. The van der Waals surface area contributed by atoms with Crippen LogP contribution in [0.4, 0.5) is 0 Å². The van der Waals surface area contributed by atoms with Gasteiger partial charge in [-0.1, -0.05) is 13.3 Å². The van der Waals surface area contributed by atoms with Crippen LogP contribution in [0.25, 0.3) is 0 Å². The highest BCUT2D eigenvalue weighted by Crippen LogP contribution is 2.14. The van der Waals surface area contributed by atoms with E-state index in [-0.39, 0.29) is 12.3 Å². The predicted molar refractivity (Wildman–Crippen MR) is 77.5 cm³/mol. The first kappa shape index (κ1) is 18.2. The van der Waals surface area contributed by atoms with E-state index in [4.69, 9.17) is 9.84 Å². The molecule has 0 fully saturated rings. The van der Waals surface area contributed by atoms with Gasteiger partial charge in [0.2, 0.25) is 5.91 Å². The van der Waals surface area contributed by atoms with Crippen LogP contribution in [0, 0.1) is 5.92 Å². The smallest absolute Gasteiger partial charge is 0.303 e. The van der Waals surface area contributed by atoms with E-state index < -0.39 is 5.97 Å². The number of nitrogens with one attached hydrogen (secondary N) is 1. The fourth-order valence-corrected chi connectivity index (χ4v) is 2.37. The molecular formula is C13H25NO4S. The third kappa shape index (κ3) is 12.0. The van der Waals surface area contributed by atoms with Gasteiger partial charge in [0, 0.05) is 25.8 Å². The summed E-state index contributed by atoms with van der Waals surface area (Å²) in [6.45, 7) is 3.34. The zero-order valence-corrected chi connectivity index (χ0v) is 12.6. The third-order valence-electron chi connectivity index (χ3n) is 2.88. The molecule has 0 saturated heterocycles. The number of aliphatic carboxylic acids is 1. The molecule has 1 atom stereocenters. The minimum Gasteiger partial charge on any atom is -0.481 e. The summed E-state index contributed by atoms with van der Waals surface area (Å²) in [4.78, 5) is 22.0. The summed E-state index contributed by atoms with van der Waals surface area (Å²) in [5.74, 6) is 0.929. The lowest BCUT2D eigenvalue weighted by atomic mass is 9.97. The van der Waals surface area contributed by atoms with Crippen LogP contribution in [-0.2, 0) is 14.3 Å². The zero-order chi connectivity index (χ0) is 14.5. The molecule has 1 unspecified atom stereocenters. The van der Waals surface area contributed by atoms with Crippen molar-refractivity contribution in [3.05, 3.63) is 0 Å². The lowest BCUT2D eigenvalue weighted by Crippen LogP contribution is -2.27. The van der Waals surface area contributed by atoms with E-state index in [0.29, 0.717) is 31.2 Å². The summed E-state index contributed by atoms with van der Waals surface area (Å²) in [7, 11) is 1.64. The summed E-state index contributed by atoms with van der Waals surface area (Å²) in [5.41, 5.74) is 0.